The maximum Gasteiger partial charge on any atom is 0.433 e. The Hall–Kier alpha value is -1.56. The molecule has 14 heavy (non-hydrogen) atoms. The zero-order chi connectivity index (χ0) is 10.7. The van der Waals surface area contributed by atoms with Crippen LogP contribution in [0.4, 0.5) is 5.88 Å². The van der Waals surface area contributed by atoms with Crippen LogP contribution >= 0.6 is 11.6 Å². The van der Waals surface area contributed by atoms with Crippen molar-refractivity contribution >= 4 is 23.5 Å². The quantitative estimate of drug-likeness (QED) is 0.470. The standard InChI is InChI=1S/C7H6ClNO5/c8-5(7(10)11)3-4-1-2-6(14-4)9(12)13/h1-2,5H,3H2,(H,10,11). The van der Waals surface area contributed by atoms with Crippen molar-refractivity contribution in [2.24, 2.45) is 0 Å². The average Bonchev–Trinajstić information content (AvgIpc) is 2.52. The van der Waals surface area contributed by atoms with Gasteiger partial charge in [-0.3, -0.25) is 14.9 Å². The number of carboxylic acids is 1. The molecule has 0 fully saturated rings. The predicted molar refractivity (Wildman–Crippen MR) is 46.3 cm³/mol. The van der Waals surface area contributed by atoms with Crippen LogP contribution in [-0.4, -0.2) is 21.4 Å². The summed E-state index contributed by atoms with van der Waals surface area (Å²) in [6, 6.07) is 2.48. The van der Waals surface area contributed by atoms with Crippen molar-refractivity contribution in [1.29, 1.82) is 0 Å². The summed E-state index contributed by atoms with van der Waals surface area (Å²) in [7, 11) is 0. The highest BCUT2D eigenvalue weighted by Gasteiger charge is 2.18. The zero-order valence-corrected chi connectivity index (χ0v) is 7.60. The van der Waals surface area contributed by atoms with Crippen molar-refractivity contribution in [3.63, 3.8) is 0 Å². The van der Waals surface area contributed by atoms with E-state index in [1.54, 1.807) is 0 Å². The summed E-state index contributed by atoms with van der Waals surface area (Å²) in [5.41, 5.74) is 0. The van der Waals surface area contributed by atoms with Gasteiger partial charge < -0.3 is 9.52 Å². The fourth-order valence-corrected chi connectivity index (χ4v) is 0.990. The number of furan rings is 1. The molecule has 0 aliphatic carbocycles. The molecule has 0 aliphatic rings. The first-order valence-electron chi connectivity index (χ1n) is 3.60. The third-order valence-corrected chi connectivity index (χ3v) is 1.82. The molecule has 6 nitrogen and oxygen atoms in total. The molecule has 76 valence electrons. The van der Waals surface area contributed by atoms with Crippen LogP contribution in [0, 0.1) is 10.1 Å². The van der Waals surface area contributed by atoms with E-state index in [-0.39, 0.29) is 12.2 Å². The van der Waals surface area contributed by atoms with E-state index in [4.69, 9.17) is 21.1 Å². The summed E-state index contributed by atoms with van der Waals surface area (Å²) in [5.74, 6) is -1.43. The van der Waals surface area contributed by atoms with E-state index in [0.717, 1.165) is 6.07 Å². The molecule has 1 aromatic rings. The Morgan fingerprint density at radius 2 is 2.36 bits per heavy atom. The van der Waals surface area contributed by atoms with Crippen LogP contribution < -0.4 is 0 Å². The second kappa shape index (κ2) is 4.10. The highest BCUT2D eigenvalue weighted by atomic mass is 35.5. The van der Waals surface area contributed by atoms with Gasteiger partial charge in [-0.2, -0.15) is 0 Å². The number of rotatable bonds is 4. The number of carbonyl (C=O) groups is 1. The molecule has 1 heterocycles. The van der Waals surface area contributed by atoms with E-state index in [0.29, 0.717) is 0 Å². The third kappa shape index (κ3) is 2.46. The smallest absolute Gasteiger partial charge is 0.433 e. The van der Waals surface area contributed by atoms with Gasteiger partial charge in [0.25, 0.3) is 0 Å². The van der Waals surface area contributed by atoms with Gasteiger partial charge >= 0.3 is 11.9 Å². The second-order valence-electron chi connectivity index (χ2n) is 2.51. The minimum absolute atomic E-state index is 0.0786. The molecule has 0 aromatic carbocycles. The molecule has 0 radical (unpaired) electrons. The van der Waals surface area contributed by atoms with Crippen LogP contribution in [-0.2, 0) is 11.2 Å². The minimum Gasteiger partial charge on any atom is -0.480 e. The lowest BCUT2D eigenvalue weighted by Crippen LogP contribution is -2.15. The molecule has 1 N–H and O–H groups in total. The van der Waals surface area contributed by atoms with Crippen LogP contribution in [0.1, 0.15) is 5.76 Å². The van der Waals surface area contributed by atoms with Crippen molar-refractivity contribution in [1.82, 2.24) is 0 Å². The van der Waals surface area contributed by atoms with Gasteiger partial charge in [0.2, 0.25) is 0 Å². The summed E-state index contributed by atoms with van der Waals surface area (Å²) >= 11 is 5.41. The Balaban J connectivity index is 2.69. The Bertz CT molecular complexity index is 361. The maximum atomic E-state index is 10.3. The average molecular weight is 220 g/mol. The molecule has 0 saturated heterocycles. The Morgan fingerprint density at radius 1 is 1.71 bits per heavy atom. The van der Waals surface area contributed by atoms with Gasteiger partial charge in [0.1, 0.15) is 16.1 Å². The van der Waals surface area contributed by atoms with Crippen molar-refractivity contribution in [2.75, 3.05) is 0 Å². The molecular weight excluding hydrogens is 214 g/mol. The first kappa shape index (κ1) is 10.5. The van der Waals surface area contributed by atoms with Crippen molar-refractivity contribution in [3.8, 4) is 0 Å². The Kier molecular flexibility index (Phi) is 3.08. The van der Waals surface area contributed by atoms with Gasteiger partial charge in [0, 0.05) is 6.42 Å². The highest BCUT2D eigenvalue weighted by Crippen LogP contribution is 2.18. The number of aliphatic carboxylic acids is 1. The second-order valence-corrected chi connectivity index (χ2v) is 3.03. The number of halogens is 1. The van der Waals surface area contributed by atoms with Crippen LogP contribution in [0.5, 0.6) is 0 Å². The lowest BCUT2D eigenvalue weighted by Gasteiger charge is -1.98. The molecule has 1 rings (SSSR count). The highest BCUT2D eigenvalue weighted by molar-refractivity contribution is 6.29. The molecule has 0 aliphatic heterocycles. The van der Waals surface area contributed by atoms with Crippen LogP contribution in [0.15, 0.2) is 16.5 Å². The molecule has 1 unspecified atom stereocenters. The number of nitrogens with zero attached hydrogens (tertiary/aromatic N) is 1. The maximum absolute atomic E-state index is 10.3. The van der Waals surface area contributed by atoms with Gasteiger partial charge in [0.15, 0.2) is 0 Å². The molecule has 1 aromatic heterocycles. The first-order valence-corrected chi connectivity index (χ1v) is 4.04. The van der Waals surface area contributed by atoms with Crippen molar-refractivity contribution in [3.05, 3.63) is 28.0 Å². The monoisotopic (exact) mass is 219 g/mol. The zero-order valence-electron chi connectivity index (χ0n) is 6.84. The molecule has 1 atom stereocenters. The van der Waals surface area contributed by atoms with E-state index >= 15 is 0 Å². The molecule has 0 bridgehead atoms. The summed E-state index contributed by atoms with van der Waals surface area (Å²) < 4.78 is 4.72. The van der Waals surface area contributed by atoms with Crippen LogP contribution in [0.3, 0.4) is 0 Å². The molecule has 0 amide bonds. The lowest BCUT2D eigenvalue weighted by atomic mass is 10.2. The number of alkyl halides is 1. The Morgan fingerprint density at radius 3 is 2.79 bits per heavy atom. The van der Waals surface area contributed by atoms with Crippen molar-refractivity contribution in [2.45, 2.75) is 11.8 Å². The Labute approximate surface area is 83.2 Å². The fourth-order valence-electron chi connectivity index (χ4n) is 0.838. The van der Waals surface area contributed by atoms with Gasteiger partial charge in [-0.1, -0.05) is 0 Å². The third-order valence-electron chi connectivity index (χ3n) is 1.48. The number of carboxylic acid groups (broad SMARTS) is 1. The molecular formula is C7H6ClNO5. The van der Waals surface area contributed by atoms with Gasteiger partial charge in [-0.15, -0.1) is 11.6 Å². The van der Waals surface area contributed by atoms with E-state index in [2.05, 4.69) is 0 Å². The normalized spacial score (nSPS) is 12.4. The van der Waals surface area contributed by atoms with Crippen LogP contribution in [0.25, 0.3) is 0 Å². The first-order chi connectivity index (χ1) is 6.50. The minimum atomic E-state index is -1.19. The summed E-state index contributed by atoms with van der Waals surface area (Å²) in [4.78, 5) is 19.8. The summed E-state index contributed by atoms with van der Waals surface area (Å²) in [6.45, 7) is 0. The van der Waals surface area contributed by atoms with E-state index in [1.807, 2.05) is 0 Å². The number of hydrogen-bond acceptors (Lipinski definition) is 4. The summed E-state index contributed by atoms with van der Waals surface area (Å²) in [6.07, 6.45) is -0.0786. The largest absolute Gasteiger partial charge is 0.480 e. The van der Waals surface area contributed by atoms with Gasteiger partial charge in [0.05, 0.1) is 6.07 Å². The topological polar surface area (TPSA) is 93.6 Å². The summed E-state index contributed by atoms with van der Waals surface area (Å²) in [5, 5.41) is 17.5. The van der Waals surface area contributed by atoms with Gasteiger partial charge in [-0.05, 0) is 6.07 Å². The molecule has 0 saturated carbocycles. The molecule has 7 heteroatoms. The predicted octanol–water partition coefficient (Wildman–Crippen LogP) is 1.42. The van der Waals surface area contributed by atoms with E-state index in [1.165, 1.54) is 6.07 Å². The number of hydrogen-bond donors (Lipinski definition) is 1. The van der Waals surface area contributed by atoms with E-state index in [9.17, 15) is 14.9 Å². The number of nitro groups is 1. The SMILES string of the molecule is O=C(O)C(Cl)Cc1ccc([N+](=O)[O-])o1. The van der Waals surface area contributed by atoms with E-state index < -0.39 is 22.2 Å². The molecule has 0 spiro atoms. The van der Waals surface area contributed by atoms with Gasteiger partial charge in [-0.25, -0.2) is 0 Å². The lowest BCUT2D eigenvalue weighted by molar-refractivity contribution is -0.402. The fraction of sp³-hybridized carbons (Fsp3) is 0.286. The van der Waals surface area contributed by atoms with Crippen molar-refractivity contribution < 1.29 is 19.2 Å². The van der Waals surface area contributed by atoms with Crippen LogP contribution in [0.2, 0.25) is 0 Å².